The predicted molar refractivity (Wildman–Crippen MR) is 59.8 cm³/mol. The molecule has 0 aliphatic heterocycles. The second kappa shape index (κ2) is 5.21. The Kier molecular flexibility index (Phi) is 4.19. The van der Waals surface area contributed by atoms with E-state index in [1.165, 1.54) is 11.8 Å². The lowest BCUT2D eigenvalue weighted by atomic mass is 9.96. The molecule has 1 saturated carbocycles. The van der Waals surface area contributed by atoms with Crippen LogP contribution < -0.4 is 5.32 Å². The van der Waals surface area contributed by atoms with Crippen LogP contribution in [0.3, 0.4) is 0 Å². The van der Waals surface area contributed by atoms with Crippen molar-refractivity contribution in [1.82, 2.24) is 5.32 Å². The molecular weight excluding hydrogens is 228 g/mol. The number of rotatable bonds is 6. The highest BCUT2D eigenvalue weighted by atomic mass is 32.2. The zero-order valence-corrected chi connectivity index (χ0v) is 9.84. The van der Waals surface area contributed by atoms with E-state index in [0.717, 1.165) is 12.8 Å². The fraction of sp³-hybridized carbons (Fsp3) is 0.700. The van der Waals surface area contributed by atoms with E-state index in [9.17, 15) is 9.59 Å². The Labute approximate surface area is 98.2 Å². The molecule has 0 aromatic rings. The first-order chi connectivity index (χ1) is 7.50. The molecule has 1 unspecified atom stereocenters. The van der Waals surface area contributed by atoms with Crippen molar-refractivity contribution in [3.63, 3.8) is 0 Å². The van der Waals surface area contributed by atoms with Crippen molar-refractivity contribution < 1.29 is 14.7 Å². The highest BCUT2D eigenvalue weighted by Gasteiger charge is 2.48. The van der Waals surface area contributed by atoms with Gasteiger partial charge in [-0.2, -0.15) is 5.26 Å². The number of carboxylic acid groups (broad SMARTS) is 1. The molecule has 0 spiro atoms. The second-order valence-corrected chi connectivity index (χ2v) is 4.97. The average molecular weight is 242 g/mol. The molecule has 1 amide bonds. The Morgan fingerprint density at radius 2 is 2.25 bits per heavy atom. The molecule has 2 N–H and O–H groups in total. The van der Waals surface area contributed by atoms with Gasteiger partial charge in [-0.15, -0.1) is 11.8 Å². The summed E-state index contributed by atoms with van der Waals surface area (Å²) in [5, 5.41) is 19.9. The first-order valence-electron chi connectivity index (χ1n) is 5.00. The highest BCUT2D eigenvalue weighted by molar-refractivity contribution is 8.00. The summed E-state index contributed by atoms with van der Waals surface area (Å²) in [6, 6.07) is 1.91. The minimum Gasteiger partial charge on any atom is -0.480 e. The van der Waals surface area contributed by atoms with Crippen LogP contribution in [0.2, 0.25) is 0 Å². The van der Waals surface area contributed by atoms with Gasteiger partial charge in [0.2, 0.25) is 5.91 Å². The van der Waals surface area contributed by atoms with Gasteiger partial charge < -0.3 is 10.4 Å². The Bertz CT molecular complexity index is 335. The summed E-state index contributed by atoms with van der Waals surface area (Å²) in [5.74, 6) is -0.912. The number of nitrogens with zero attached hydrogens (tertiary/aromatic N) is 1. The lowest BCUT2D eigenvalue weighted by Gasteiger charge is -2.25. The van der Waals surface area contributed by atoms with E-state index in [2.05, 4.69) is 5.32 Å². The van der Waals surface area contributed by atoms with E-state index >= 15 is 0 Å². The number of carboxylic acids is 1. The molecule has 6 heteroatoms. The normalized spacial score (nSPS) is 18.2. The predicted octanol–water partition coefficient (Wildman–Crippen LogP) is 0.613. The Morgan fingerprint density at radius 3 is 2.69 bits per heavy atom. The smallest absolute Gasteiger partial charge is 0.329 e. The first kappa shape index (κ1) is 12.8. The number of aliphatic carboxylic acids is 1. The molecule has 0 bridgehead atoms. The molecule has 1 atom stereocenters. The maximum atomic E-state index is 11.5. The summed E-state index contributed by atoms with van der Waals surface area (Å²) in [6.45, 7) is 1.54. The molecule has 0 radical (unpaired) electrons. The topological polar surface area (TPSA) is 90.2 Å². The number of nitrogens with one attached hydrogen (secondary N) is 1. The van der Waals surface area contributed by atoms with Crippen molar-refractivity contribution in [3.05, 3.63) is 0 Å². The van der Waals surface area contributed by atoms with Crippen LogP contribution in [-0.4, -0.2) is 34.0 Å². The Morgan fingerprint density at radius 1 is 1.62 bits per heavy atom. The Balaban J connectivity index is 2.46. The van der Waals surface area contributed by atoms with Crippen molar-refractivity contribution in [3.8, 4) is 6.07 Å². The molecule has 5 nitrogen and oxygen atoms in total. The average Bonchev–Trinajstić information content (AvgIpc) is 3.00. The molecule has 0 saturated heterocycles. The molecule has 88 valence electrons. The van der Waals surface area contributed by atoms with Gasteiger partial charge in [-0.05, 0) is 25.7 Å². The summed E-state index contributed by atoms with van der Waals surface area (Å²) < 4.78 is 0. The monoisotopic (exact) mass is 242 g/mol. The van der Waals surface area contributed by atoms with Gasteiger partial charge in [0.05, 0.1) is 17.6 Å². The number of hydrogen-bond donors (Lipinski definition) is 2. The third-order valence-corrected chi connectivity index (χ3v) is 3.44. The summed E-state index contributed by atoms with van der Waals surface area (Å²) in [6.07, 6.45) is 1.68. The molecule has 1 aliphatic rings. The molecule has 0 aromatic carbocycles. The highest BCUT2D eigenvalue weighted by Crippen LogP contribution is 2.39. The van der Waals surface area contributed by atoms with Gasteiger partial charge >= 0.3 is 5.97 Å². The number of nitriles is 1. The van der Waals surface area contributed by atoms with E-state index in [4.69, 9.17) is 10.4 Å². The molecule has 1 rings (SSSR count). The lowest BCUT2D eigenvalue weighted by molar-refractivity contribution is -0.147. The van der Waals surface area contributed by atoms with Crippen molar-refractivity contribution >= 4 is 23.6 Å². The maximum absolute atomic E-state index is 11.5. The minimum atomic E-state index is -1.15. The quantitative estimate of drug-likeness (QED) is 0.666. The first-order valence-corrected chi connectivity index (χ1v) is 6.15. The van der Waals surface area contributed by atoms with Gasteiger partial charge in [0.25, 0.3) is 0 Å². The fourth-order valence-corrected chi connectivity index (χ4v) is 1.96. The number of thioether (sulfide) groups is 1. The fourth-order valence-electron chi connectivity index (χ4n) is 1.51. The van der Waals surface area contributed by atoms with Gasteiger partial charge in [-0.1, -0.05) is 0 Å². The number of amides is 1. The molecule has 1 aliphatic carbocycles. The number of hydrogen-bond acceptors (Lipinski definition) is 4. The minimum absolute atomic E-state index is 0.0370. The van der Waals surface area contributed by atoms with Crippen molar-refractivity contribution in [2.24, 2.45) is 5.92 Å². The molecule has 1 fully saturated rings. The van der Waals surface area contributed by atoms with Crippen LogP contribution in [-0.2, 0) is 9.59 Å². The van der Waals surface area contributed by atoms with Crippen LogP contribution in [0.4, 0.5) is 0 Å². The van der Waals surface area contributed by atoms with E-state index in [1.807, 2.05) is 6.07 Å². The number of carbonyl (C=O) groups excluding carboxylic acids is 1. The lowest BCUT2D eigenvalue weighted by Crippen LogP contribution is -2.54. The van der Waals surface area contributed by atoms with Gasteiger partial charge in [0.1, 0.15) is 5.54 Å². The molecule has 16 heavy (non-hydrogen) atoms. The van der Waals surface area contributed by atoms with E-state index in [-0.39, 0.29) is 23.3 Å². The summed E-state index contributed by atoms with van der Waals surface area (Å²) in [4.78, 5) is 22.6. The van der Waals surface area contributed by atoms with Crippen LogP contribution in [0.15, 0.2) is 0 Å². The number of carbonyl (C=O) groups is 2. The van der Waals surface area contributed by atoms with Crippen LogP contribution in [0, 0.1) is 17.2 Å². The van der Waals surface area contributed by atoms with Crippen LogP contribution in [0.25, 0.3) is 0 Å². The summed E-state index contributed by atoms with van der Waals surface area (Å²) in [5.41, 5.74) is -1.15. The zero-order chi connectivity index (χ0) is 12.2. The van der Waals surface area contributed by atoms with E-state index in [0.29, 0.717) is 0 Å². The molecule has 0 aromatic heterocycles. The van der Waals surface area contributed by atoms with Crippen molar-refractivity contribution in [1.29, 1.82) is 5.26 Å². The van der Waals surface area contributed by atoms with E-state index < -0.39 is 11.5 Å². The standard InChI is InChI=1S/C10H14N2O3S/c1-10(9(14)15,7-2-3-7)12-8(13)6-16-5-4-11/h7H,2-3,5-6H2,1H3,(H,12,13)(H,14,15). The van der Waals surface area contributed by atoms with Crippen LogP contribution in [0.5, 0.6) is 0 Å². The SMILES string of the molecule is CC(NC(=O)CSCC#N)(C(=O)O)C1CC1. The van der Waals surface area contributed by atoms with Crippen molar-refractivity contribution in [2.45, 2.75) is 25.3 Å². The maximum Gasteiger partial charge on any atom is 0.329 e. The summed E-state index contributed by atoms with van der Waals surface area (Å²) >= 11 is 1.18. The van der Waals surface area contributed by atoms with Crippen molar-refractivity contribution in [2.75, 3.05) is 11.5 Å². The molecular formula is C10H14N2O3S. The van der Waals surface area contributed by atoms with Gasteiger partial charge in [0.15, 0.2) is 0 Å². The third kappa shape index (κ3) is 3.14. The van der Waals surface area contributed by atoms with Gasteiger partial charge in [-0.25, -0.2) is 4.79 Å². The zero-order valence-electron chi connectivity index (χ0n) is 9.02. The molecule has 0 heterocycles. The van der Waals surface area contributed by atoms with Gasteiger partial charge in [0, 0.05) is 0 Å². The van der Waals surface area contributed by atoms with Crippen LogP contribution in [0.1, 0.15) is 19.8 Å². The second-order valence-electron chi connectivity index (χ2n) is 3.98. The largest absolute Gasteiger partial charge is 0.480 e. The van der Waals surface area contributed by atoms with E-state index in [1.54, 1.807) is 6.92 Å². The van der Waals surface area contributed by atoms with Crippen LogP contribution >= 0.6 is 11.8 Å². The third-order valence-electron chi connectivity index (χ3n) is 2.64. The Hall–Kier alpha value is -1.22. The van der Waals surface area contributed by atoms with Gasteiger partial charge in [-0.3, -0.25) is 4.79 Å². The summed E-state index contributed by atoms with van der Waals surface area (Å²) in [7, 11) is 0.